The molecule has 0 unspecified atom stereocenters. The predicted molar refractivity (Wildman–Crippen MR) is 93.5 cm³/mol. The van der Waals surface area contributed by atoms with Crippen LogP contribution in [0, 0.1) is 5.82 Å². The summed E-state index contributed by atoms with van der Waals surface area (Å²) in [7, 11) is 2.00. The molecular weight excluding hydrogens is 347 g/mol. The van der Waals surface area contributed by atoms with Crippen molar-refractivity contribution in [3.8, 4) is 0 Å². The maximum absolute atomic E-state index is 14.6. The van der Waals surface area contributed by atoms with E-state index in [1.807, 2.05) is 11.9 Å². The fourth-order valence-corrected chi connectivity index (χ4v) is 3.98. The van der Waals surface area contributed by atoms with Crippen molar-refractivity contribution in [1.82, 2.24) is 14.3 Å². The summed E-state index contributed by atoms with van der Waals surface area (Å²) in [5.74, 6) is -1.74. The number of pyridine rings is 2. The van der Waals surface area contributed by atoms with Crippen molar-refractivity contribution in [3.63, 3.8) is 0 Å². The van der Waals surface area contributed by atoms with Gasteiger partial charge >= 0.3 is 5.97 Å². The van der Waals surface area contributed by atoms with E-state index in [1.165, 1.54) is 0 Å². The number of piperazine rings is 1. The first kappa shape index (κ1) is 16.0. The molecule has 3 aromatic heterocycles. The molecule has 0 amide bonds. The summed E-state index contributed by atoms with van der Waals surface area (Å²) in [4.78, 5) is 32.7. The van der Waals surface area contributed by atoms with Crippen molar-refractivity contribution in [1.29, 1.82) is 0 Å². The van der Waals surface area contributed by atoms with Gasteiger partial charge in [-0.05, 0) is 13.1 Å². The molecule has 1 saturated heterocycles. The van der Waals surface area contributed by atoms with Gasteiger partial charge in [-0.1, -0.05) is 0 Å². The Kier molecular flexibility index (Phi) is 3.69. The average molecular weight is 362 g/mol. The van der Waals surface area contributed by atoms with Crippen LogP contribution in [0.25, 0.3) is 15.9 Å². The topological polar surface area (TPSA) is 78.1 Å². The normalized spacial score (nSPS) is 16.0. The SMILES string of the molecule is CN1CCN(c2nc3c(cc2F)c(=O)c(C(=O)O)c2sccn23)CC1. The lowest BCUT2D eigenvalue weighted by Gasteiger charge is -2.33. The van der Waals surface area contributed by atoms with E-state index in [1.54, 1.807) is 16.0 Å². The molecular formula is C16H15FN4O3S. The summed E-state index contributed by atoms with van der Waals surface area (Å²) in [6.45, 7) is 2.87. The standard InChI is InChI=1S/C16H15FN4O3S/c1-19-2-4-20(5-3-19)14-10(17)8-9-12(22)11(16(23)24)15-21(6-7-25-15)13(9)18-14/h6-8H,2-5H2,1H3,(H,23,24). The molecule has 7 nitrogen and oxygen atoms in total. The third kappa shape index (κ3) is 2.47. The number of nitrogens with zero attached hydrogens (tertiary/aromatic N) is 4. The highest BCUT2D eigenvalue weighted by Gasteiger charge is 2.24. The number of carboxylic acid groups (broad SMARTS) is 1. The fourth-order valence-electron chi connectivity index (χ4n) is 3.11. The number of rotatable bonds is 2. The highest BCUT2D eigenvalue weighted by Crippen LogP contribution is 2.25. The van der Waals surface area contributed by atoms with Crippen LogP contribution in [-0.4, -0.2) is 58.6 Å². The molecule has 4 heterocycles. The molecule has 0 aliphatic carbocycles. The molecule has 1 aliphatic rings. The number of aromatic carboxylic acids is 1. The summed E-state index contributed by atoms with van der Waals surface area (Å²) in [6, 6.07) is 1.11. The number of hydrogen-bond donors (Lipinski definition) is 1. The number of fused-ring (bicyclic) bond motifs is 3. The Morgan fingerprint density at radius 1 is 1.32 bits per heavy atom. The number of thiazole rings is 1. The first-order chi connectivity index (χ1) is 12.0. The number of halogens is 1. The molecule has 1 N–H and O–H groups in total. The molecule has 0 saturated carbocycles. The second kappa shape index (κ2) is 5.78. The van der Waals surface area contributed by atoms with Gasteiger partial charge in [-0.15, -0.1) is 11.3 Å². The largest absolute Gasteiger partial charge is 0.477 e. The van der Waals surface area contributed by atoms with Gasteiger partial charge < -0.3 is 14.9 Å². The zero-order valence-electron chi connectivity index (χ0n) is 13.4. The summed E-state index contributed by atoms with van der Waals surface area (Å²) in [5, 5.41) is 11.0. The lowest BCUT2D eigenvalue weighted by atomic mass is 10.2. The Balaban J connectivity index is 1.98. The zero-order valence-corrected chi connectivity index (χ0v) is 14.2. The van der Waals surface area contributed by atoms with Crippen molar-refractivity contribution < 1.29 is 14.3 Å². The lowest BCUT2D eigenvalue weighted by Crippen LogP contribution is -2.45. The molecule has 0 radical (unpaired) electrons. The lowest BCUT2D eigenvalue weighted by molar-refractivity contribution is 0.0697. The van der Waals surface area contributed by atoms with Crippen LogP contribution in [0.3, 0.4) is 0 Å². The number of carboxylic acids is 1. The van der Waals surface area contributed by atoms with E-state index in [0.717, 1.165) is 30.5 Å². The van der Waals surface area contributed by atoms with Gasteiger partial charge in [0, 0.05) is 37.8 Å². The van der Waals surface area contributed by atoms with Gasteiger partial charge in [-0.25, -0.2) is 14.2 Å². The highest BCUT2D eigenvalue weighted by molar-refractivity contribution is 7.16. The number of aromatic nitrogens is 2. The Morgan fingerprint density at radius 3 is 2.72 bits per heavy atom. The van der Waals surface area contributed by atoms with Gasteiger partial charge in [-0.2, -0.15) is 0 Å². The van der Waals surface area contributed by atoms with Crippen LogP contribution in [-0.2, 0) is 0 Å². The van der Waals surface area contributed by atoms with Crippen LogP contribution in [0.5, 0.6) is 0 Å². The summed E-state index contributed by atoms with van der Waals surface area (Å²) in [5.41, 5.74) is -0.779. The maximum Gasteiger partial charge on any atom is 0.342 e. The van der Waals surface area contributed by atoms with Crippen LogP contribution in [0.2, 0.25) is 0 Å². The van der Waals surface area contributed by atoms with Crippen molar-refractivity contribution >= 4 is 39.0 Å². The number of likely N-dealkylation sites (N-methyl/N-ethyl adjacent to an activating group) is 1. The van der Waals surface area contributed by atoms with Crippen LogP contribution in [0.4, 0.5) is 10.2 Å². The van der Waals surface area contributed by atoms with Gasteiger partial charge in [-0.3, -0.25) is 9.20 Å². The molecule has 130 valence electrons. The Hall–Kier alpha value is -2.52. The molecule has 0 spiro atoms. The number of carbonyl (C=O) groups is 1. The molecule has 4 rings (SSSR count). The minimum atomic E-state index is -1.32. The van der Waals surface area contributed by atoms with Crippen LogP contribution in [0.15, 0.2) is 22.4 Å². The summed E-state index contributed by atoms with van der Waals surface area (Å²) in [6.07, 6.45) is 1.65. The smallest absolute Gasteiger partial charge is 0.342 e. The van der Waals surface area contributed by atoms with E-state index in [-0.39, 0.29) is 22.4 Å². The van der Waals surface area contributed by atoms with Gasteiger partial charge in [0.15, 0.2) is 17.3 Å². The average Bonchev–Trinajstić information content (AvgIpc) is 3.04. The molecule has 1 aliphatic heterocycles. The van der Waals surface area contributed by atoms with Gasteiger partial charge in [0.1, 0.15) is 10.4 Å². The van der Waals surface area contributed by atoms with Crippen LogP contribution in [0.1, 0.15) is 10.4 Å². The van der Waals surface area contributed by atoms with E-state index in [9.17, 15) is 19.1 Å². The van der Waals surface area contributed by atoms with E-state index < -0.39 is 17.2 Å². The molecule has 0 bridgehead atoms. The Bertz CT molecular complexity index is 1050. The van der Waals surface area contributed by atoms with Crippen molar-refractivity contribution in [2.45, 2.75) is 0 Å². The van der Waals surface area contributed by atoms with Gasteiger partial charge in [0.2, 0.25) is 5.43 Å². The minimum absolute atomic E-state index is 0.0244. The van der Waals surface area contributed by atoms with E-state index in [4.69, 9.17) is 0 Å². The third-order valence-corrected chi connectivity index (χ3v) is 5.36. The van der Waals surface area contributed by atoms with Crippen molar-refractivity contribution in [2.75, 3.05) is 38.1 Å². The van der Waals surface area contributed by atoms with E-state index >= 15 is 0 Å². The molecule has 9 heteroatoms. The quantitative estimate of drug-likeness (QED) is 0.744. The predicted octanol–water partition coefficient (Wildman–Crippen LogP) is 1.50. The van der Waals surface area contributed by atoms with Crippen molar-refractivity contribution in [2.24, 2.45) is 0 Å². The number of anilines is 1. The van der Waals surface area contributed by atoms with Crippen LogP contribution >= 0.6 is 11.3 Å². The summed E-state index contributed by atoms with van der Waals surface area (Å²) >= 11 is 1.15. The highest BCUT2D eigenvalue weighted by atomic mass is 32.1. The zero-order chi connectivity index (χ0) is 17.7. The molecule has 0 aromatic carbocycles. The second-order valence-corrected chi connectivity index (χ2v) is 6.94. The first-order valence-electron chi connectivity index (χ1n) is 7.76. The monoisotopic (exact) mass is 362 g/mol. The number of hydrogen-bond acceptors (Lipinski definition) is 6. The Morgan fingerprint density at radius 2 is 2.04 bits per heavy atom. The molecule has 0 atom stereocenters. The van der Waals surface area contributed by atoms with Crippen molar-refractivity contribution in [3.05, 3.63) is 39.2 Å². The van der Waals surface area contributed by atoms with Gasteiger partial charge in [0.25, 0.3) is 0 Å². The maximum atomic E-state index is 14.6. The van der Waals surface area contributed by atoms with Gasteiger partial charge in [0.05, 0.1) is 5.39 Å². The fraction of sp³-hybridized carbons (Fsp3) is 0.312. The van der Waals surface area contributed by atoms with E-state index in [0.29, 0.717) is 17.9 Å². The third-order valence-electron chi connectivity index (χ3n) is 4.48. The molecule has 3 aromatic rings. The van der Waals surface area contributed by atoms with Crippen LogP contribution < -0.4 is 10.3 Å². The minimum Gasteiger partial charge on any atom is -0.477 e. The van der Waals surface area contributed by atoms with E-state index in [2.05, 4.69) is 9.88 Å². The first-order valence-corrected chi connectivity index (χ1v) is 8.64. The summed E-state index contributed by atoms with van der Waals surface area (Å²) < 4.78 is 16.2. The Labute approximate surface area is 145 Å². The molecule has 1 fully saturated rings. The second-order valence-electron chi connectivity index (χ2n) is 6.04. The molecule has 25 heavy (non-hydrogen) atoms.